The number of hydrogen-bond donors (Lipinski definition) is 2. The second-order valence-corrected chi connectivity index (χ2v) is 8.62. The molecule has 2 heterocycles. The van der Waals surface area contributed by atoms with Gasteiger partial charge >= 0.3 is 0 Å². The third kappa shape index (κ3) is 4.11. The highest BCUT2D eigenvalue weighted by Gasteiger charge is 2.37. The molecule has 3 aromatic rings. The maximum absolute atomic E-state index is 13.2. The van der Waals surface area contributed by atoms with Crippen molar-refractivity contribution in [2.75, 3.05) is 12.5 Å². The van der Waals surface area contributed by atoms with Gasteiger partial charge in [0.25, 0.3) is 0 Å². The fraction of sp³-hybridized carbons (Fsp3) is 0.286. The number of rotatable bonds is 5. The second kappa shape index (κ2) is 8.57. The summed E-state index contributed by atoms with van der Waals surface area (Å²) in [6.45, 7) is 4.35. The van der Waals surface area contributed by atoms with E-state index < -0.39 is 5.25 Å². The van der Waals surface area contributed by atoms with Crippen LogP contribution in [0.3, 0.4) is 0 Å². The van der Waals surface area contributed by atoms with Crippen LogP contribution in [0.4, 0.5) is 0 Å². The number of amides is 1. The molecule has 156 valence electrons. The Morgan fingerprint density at radius 2 is 2.00 bits per heavy atom. The van der Waals surface area contributed by atoms with Gasteiger partial charge in [0.2, 0.25) is 11.1 Å². The van der Waals surface area contributed by atoms with Crippen molar-refractivity contribution in [1.29, 1.82) is 0 Å². The molecule has 0 unspecified atom stereocenters. The predicted octanol–water partition coefficient (Wildman–Crippen LogP) is 3.63. The maximum atomic E-state index is 13.2. The Bertz CT molecular complexity index is 1070. The van der Waals surface area contributed by atoms with Gasteiger partial charge in [0.15, 0.2) is 0 Å². The highest BCUT2D eigenvalue weighted by atomic mass is 35.5. The zero-order valence-electron chi connectivity index (χ0n) is 16.8. The molecule has 0 aliphatic carbocycles. The van der Waals surface area contributed by atoms with E-state index in [0.29, 0.717) is 22.5 Å². The van der Waals surface area contributed by atoms with E-state index in [9.17, 15) is 4.79 Å². The average molecular weight is 444 g/mol. The molecular formula is C21H22ClN5O2S. The number of carbonyl (C=O) groups excluding carboxylic acids is 1. The number of carbonyl (C=O) groups is 1. The molecule has 0 radical (unpaired) electrons. The van der Waals surface area contributed by atoms with E-state index in [4.69, 9.17) is 16.3 Å². The molecule has 0 saturated carbocycles. The molecule has 7 nitrogen and oxygen atoms in total. The van der Waals surface area contributed by atoms with Crippen LogP contribution in [0.1, 0.15) is 28.6 Å². The van der Waals surface area contributed by atoms with E-state index in [2.05, 4.69) is 20.9 Å². The first-order chi connectivity index (χ1) is 14.5. The summed E-state index contributed by atoms with van der Waals surface area (Å²) in [4.78, 5) is 13.2. The van der Waals surface area contributed by atoms with Crippen LogP contribution >= 0.6 is 23.4 Å². The van der Waals surface area contributed by atoms with Crippen molar-refractivity contribution >= 4 is 29.3 Å². The molecule has 1 aliphatic heterocycles. The summed E-state index contributed by atoms with van der Waals surface area (Å²) in [6, 6.07) is 13.3. The lowest BCUT2D eigenvalue weighted by Crippen LogP contribution is -2.44. The highest BCUT2D eigenvalue weighted by molar-refractivity contribution is 8.00. The smallest absolute Gasteiger partial charge is 0.236 e. The molecular weight excluding hydrogens is 422 g/mol. The van der Waals surface area contributed by atoms with Crippen LogP contribution in [-0.4, -0.2) is 33.1 Å². The zero-order valence-corrected chi connectivity index (χ0v) is 18.4. The Morgan fingerprint density at radius 3 is 2.70 bits per heavy atom. The monoisotopic (exact) mass is 443 g/mol. The van der Waals surface area contributed by atoms with Gasteiger partial charge in [-0.25, -0.2) is 4.68 Å². The van der Waals surface area contributed by atoms with Gasteiger partial charge in [0.05, 0.1) is 18.2 Å². The average Bonchev–Trinajstić information content (AvgIpc) is 3.12. The molecule has 0 saturated heterocycles. The van der Waals surface area contributed by atoms with E-state index in [0.717, 1.165) is 17.0 Å². The topological polar surface area (TPSA) is 81.1 Å². The maximum Gasteiger partial charge on any atom is 0.236 e. The minimum atomic E-state index is -0.448. The molecule has 2 atom stereocenters. The quantitative estimate of drug-likeness (QED) is 0.626. The number of aromatic nitrogens is 3. The van der Waals surface area contributed by atoms with E-state index in [1.54, 1.807) is 17.9 Å². The summed E-state index contributed by atoms with van der Waals surface area (Å²) in [7, 11) is 1.57. The third-order valence-electron chi connectivity index (χ3n) is 4.98. The van der Waals surface area contributed by atoms with E-state index >= 15 is 0 Å². The van der Waals surface area contributed by atoms with E-state index in [1.165, 1.54) is 17.3 Å². The Kier molecular flexibility index (Phi) is 5.87. The molecule has 2 aromatic carbocycles. The summed E-state index contributed by atoms with van der Waals surface area (Å²) in [5.41, 5.74) is 6.48. The Morgan fingerprint density at radius 1 is 1.23 bits per heavy atom. The molecule has 1 aromatic heterocycles. The fourth-order valence-electron chi connectivity index (χ4n) is 3.28. The number of thioether (sulfide) groups is 1. The number of aryl methyl sites for hydroxylation is 2. The summed E-state index contributed by atoms with van der Waals surface area (Å²) in [5, 5.41) is 12.0. The molecule has 0 bridgehead atoms. The van der Waals surface area contributed by atoms with Crippen LogP contribution in [0.25, 0.3) is 0 Å². The number of halogens is 1. The number of ether oxygens (including phenoxy) is 1. The molecule has 9 heteroatoms. The van der Waals surface area contributed by atoms with E-state index in [1.807, 2.05) is 50.2 Å². The van der Waals surface area contributed by atoms with Crippen LogP contribution in [0, 0.1) is 13.8 Å². The van der Waals surface area contributed by atoms with Gasteiger partial charge < -0.3 is 15.5 Å². The van der Waals surface area contributed by atoms with Crippen molar-refractivity contribution < 1.29 is 9.53 Å². The van der Waals surface area contributed by atoms with Gasteiger partial charge in [-0.2, -0.15) is 0 Å². The molecule has 30 heavy (non-hydrogen) atoms. The highest BCUT2D eigenvalue weighted by Crippen LogP contribution is 2.38. The van der Waals surface area contributed by atoms with Gasteiger partial charge in [0.1, 0.15) is 16.8 Å². The van der Waals surface area contributed by atoms with Crippen molar-refractivity contribution in [3.8, 4) is 5.75 Å². The molecule has 1 aliphatic rings. The zero-order chi connectivity index (χ0) is 21.3. The molecule has 2 N–H and O–H groups in total. The number of nitrogens with one attached hydrogen (secondary N) is 2. The molecule has 4 rings (SSSR count). The first kappa shape index (κ1) is 20.6. The summed E-state index contributed by atoms with van der Waals surface area (Å²) in [5.74, 6) is 1.22. The van der Waals surface area contributed by atoms with Crippen molar-refractivity contribution in [3.63, 3.8) is 0 Å². The molecule has 0 fully saturated rings. The first-order valence-electron chi connectivity index (χ1n) is 9.48. The van der Waals surface area contributed by atoms with Crippen LogP contribution < -0.4 is 15.5 Å². The lowest BCUT2D eigenvalue weighted by atomic mass is 10.0. The number of fused-ring (bicyclic) bond motifs is 1. The van der Waals surface area contributed by atoms with Crippen molar-refractivity contribution in [2.45, 2.75) is 36.8 Å². The SMILES string of the molecule is COc1ccc([C@@H]2Nn3c(C)nnc3S[C@H]2C(=O)NCc2ccc(C)cc2)cc1Cl. The van der Waals surface area contributed by atoms with Gasteiger partial charge in [0, 0.05) is 6.54 Å². The minimum Gasteiger partial charge on any atom is -0.495 e. The standard InChI is InChI=1S/C21H22ClN5O2S/c1-12-4-6-14(7-5-12)11-23-20(28)19-18(15-8-9-17(29-3)16(22)10-15)26-27-13(2)24-25-21(27)30-19/h4-10,18-19,26H,11H2,1-3H3,(H,23,28)/t18-,19+/m0/s1. The Labute approximate surface area is 184 Å². The number of nitrogens with zero attached hydrogens (tertiary/aromatic N) is 3. The largest absolute Gasteiger partial charge is 0.495 e. The van der Waals surface area contributed by atoms with E-state index in [-0.39, 0.29) is 11.9 Å². The van der Waals surface area contributed by atoms with Crippen molar-refractivity contribution in [2.24, 2.45) is 0 Å². The third-order valence-corrected chi connectivity index (χ3v) is 6.49. The number of methoxy groups -OCH3 is 1. The number of hydrogen-bond acceptors (Lipinski definition) is 6. The summed E-state index contributed by atoms with van der Waals surface area (Å²) in [6.07, 6.45) is 0. The van der Waals surface area contributed by atoms with Crippen LogP contribution in [0.2, 0.25) is 5.02 Å². The van der Waals surface area contributed by atoms with Crippen molar-refractivity contribution in [1.82, 2.24) is 20.2 Å². The van der Waals surface area contributed by atoms with Crippen LogP contribution in [-0.2, 0) is 11.3 Å². The minimum absolute atomic E-state index is 0.0862. The summed E-state index contributed by atoms with van der Waals surface area (Å²) < 4.78 is 7.06. The predicted molar refractivity (Wildman–Crippen MR) is 118 cm³/mol. The lowest BCUT2D eigenvalue weighted by molar-refractivity contribution is -0.121. The Balaban J connectivity index is 1.60. The molecule has 0 spiro atoms. The number of benzene rings is 2. The van der Waals surface area contributed by atoms with Gasteiger partial charge in [-0.1, -0.05) is 59.3 Å². The lowest BCUT2D eigenvalue weighted by Gasteiger charge is -2.33. The summed E-state index contributed by atoms with van der Waals surface area (Å²) >= 11 is 7.73. The Hall–Kier alpha value is -2.71. The van der Waals surface area contributed by atoms with Crippen LogP contribution in [0.5, 0.6) is 5.75 Å². The first-order valence-corrected chi connectivity index (χ1v) is 10.7. The van der Waals surface area contributed by atoms with Gasteiger partial charge in [-0.15, -0.1) is 10.2 Å². The van der Waals surface area contributed by atoms with Gasteiger partial charge in [-0.05, 0) is 37.1 Å². The fourth-order valence-corrected chi connectivity index (χ4v) is 4.70. The second-order valence-electron chi connectivity index (χ2n) is 7.11. The van der Waals surface area contributed by atoms with Crippen LogP contribution in [0.15, 0.2) is 47.6 Å². The molecule has 1 amide bonds. The van der Waals surface area contributed by atoms with Gasteiger partial charge in [-0.3, -0.25) is 4.79 Å². The van der Waals surface area contributed by atoms with Crippen molar-refractivity contribution in [3.05, 3.63) is 70.0 Å². The normalized spacial score (nSPS) is 17.7.